The molecular weight excluding hydrogens is 266 g/mol. The lowest BCUT2D eigenvalue weighted by atomic mass is 9.80. The molecule has 0 aliphatic rings. The first-order valence-corrected chi connectivity index (χ1v) is 6.60. The van der Waals surface area contributed by atoms with Crippen molar-refractivity contribution in [2.75, 3.05) is 6.61 Å². The van der Waals surface area contributed by atoms with E-state index in [0.717, 1.165) is 12.1 Å². The van der Waals surface area contributed by atoms with E-state index < -0.39 is 29.1 Å². The summed E-state index contributed by atoms with van der Waals surface area (Å²) in [5.41, 5.74) is -1.92. The Kier molecular flexibility index (Phi) is 5.22. The molecule has 1 aromatic carbocycles. The van der Waals surface area contributed by atoms with Gasteiger partial charge < -0.3 is 9.84 Å². The Morgan fingerprint density at radius 1 is 1.35 bits per heavy atom. The van der Waals surface area contributed by atoms with Crippen molar-refractivity contribution in [1.82, 2.24) is 0 Å². The lowest BCUT2D eigenvalue weighted by Gasteiger charge is -2.31. The molecule has 1 N–H and O–H groups in total. The molecule has 3 nitrogen and oxygen atoms in total. The largest absolute Gasteiger partial charge is 0.466 e. The lowest BCUT2D eigenvalue weighted by molar-refractivity contribution is -0.158. The zero-order valence-electron chi connectivity index (χ0n) is 12.2. The maximum atomic E-state index is 14.0. The van der Waals surface area contributed by atoms with Crippen molar-refractivity contribution >= 4 is 5.97 Å². The number of halogens is 2. The zero-order valence-corrected chi connectivity index (χ0v) is 12.2. The lowest BCUT2D eigenvalue weighted by Crippen LogP contribution is -2.38. The molecule has 0 spiro atoms. The smallest absolute Gasteiger partial charge is 0.312 e. The van der Waals surface area contributed by atoms with Gasteiger partial charge in [0.15, 0.2) is 0 Å². The number of aliphatic hydroxyl groups is 1. The standard InChI is InChI=1S/C15H20F2O3/c1-5-10(14(18)20-6-2)15(4,19)11-8-12(16)9(3)7-13(11)17/h7-8,10,19H,5-6H2,1-4H3. The van der Waals surface area contributed by atoms with E-state index in [9.17, 15) is 18.7 Å². The summed E-state index contributed by atoms with van der Waals surface area (Å²) in [6.07, 6.45) is 0.251. The molecule has 1 rings (SSSR count). The number of hydrogen-bond donors (Lipinski definition) is 1. The molecule has 0 heterocycles. The van der Waals surface area contributed by atoms with Crippen LogP contribution < -0.4 is 0 Å². The van der Waals surface area contributed by atoms with E-state index in [1.165, 1.54) is 13.8 Å². The Labute approximate surface area is 117 Å². The van der Waals surface area contributed by atoms with Crippen LogP contribution in [0.5, 0.6) is 0 Å². The first-order chi connectivity index (χ1) is 9.25. The highest BCUT2D eigenvalue weighted by Gasteiger charge is 2.40. The van der Waals surface area contributed by atoms with Crippen LogP contribution in [0.25, 0.3) is 0 Å². The van der Waals surface area contributed by atoms with Crippen LogP contribution in [0.3, 0.4) is 0 Å². The molecule has 0 aromatic heterocycles. The minimum absolute atomic E-state index is 0.145. The van der Waals surface area contributed by atoms with Gasteiger partial charge in [0.25, 0.3) is 0 Å². The quantitative estimate of drug-likeness (QED) is 0.846. The molecule has 0 saturated carbocycles. The van der Waals surface area contributed by atoms with Crippen molar-refractivity contribution in [1.29, 1.82) is 0 Å². The molecule has 0 aliphatic carbocycles. The monoisotopic (exact) mass is 286 g/mol. The molecule has 112 valence electrons. The predicted molar refractivity (Wildman–Crippen MR) is 71.1 cm³/mol. The van der Waals surface area contributed by atoms with E-state index in [1.807, 2.05) is 0 Å². The molecule has 0 fully saturated rings. The van der Waals surface area contributed by atoms with Crippen LogP contribution in [0.1, 0.15) is 38.3 Å². The van der Waals surface area contributed by atoms with Gasteiger partial charge in [0.1, 0.15) is 17.2 Å². The van der Waals surface area contributed by atoms with E-state index in [0.29, 0.717) is 0 Å². The van der Waals surface area contributed by atoms with E-state index in [1.54, 1.807) is 13.8 Å². The average molecular weight is 286 g/mol. The summed E-state index contributed by atoms with van der Waals surface area (Å²) in [4.78, 5) is 11.9. The van der Waals surface area contributed by atoms with Gasteiger partial charge in [-0.25, -0.2) is 8.78 Å². The van der Waals surface area contributed by atoms with E-state index in [-0.39, 0.29) is 24.2 Å². The highest BCUT2D eigenvalue weighted by molar-refractivity contribution is 5.74. The molecule has 5 heteroatoms. The number of rotatable bonds is 5. The molecule has 1 aromatic rings. The van der Waals surface area contributed by atoms with Crippen molar-refractivity contribution in [3.8, 4) is 0 Å². The van der Waals surface area contributed by atoms with Crippen LogP contribution in [0, 0.1) is 24.5 Å². The van der Waals surface area contributed by atoms with Gasteiger partial charge in [-0.2, -0.15) is 0 Å². The molecule has 0 bridgehead atoms. The van der Waals surface area contributed by atoms with E-state index in [4.69, 9.17) is 4.74 Å². The Morgan fingerprint density at radius 3 is 2.45 bits per heavy atom. The van der Waals surface area contributed by atoms with Gasteiger partial charge in [-0.1, -0.05) is 6.92 Å². The third kappa shape index (κ3) is 3.15. The fraction of sp³-hybridized carbons (Fsp3) is 0.533. The number of aryl methyl sites for hydroxylation is 1. The summed E-state index contributed by atoms with van der Waals surface area (Å²) in [6, 6.07) is 1.95. The van der Waals surface area contributed by atoms with Crippen LogP contribution in [0.15, 0.2) is 12.1 Å². The summed E-state index contributed by atoms with van der Waals surface area (Å²) < 4.78 is 32.5. The van der Waals surface area contributed by atoms with Gasteiger partial charge in [0.05, 0.1) is 12.5 Å². The second-order valence-corrected chi connectivity index (χ2v) is 4.94. The first-order valence-electron chi connectivity index (χ1n) is 6.60. The Balaban J connectivity index is 3.26. The van der Waals surface area contributed by atoms with Crippen LogP contribution in [-0.4, -0.2) is 17.7 Å². The Hall–Kier alpha value is -1.49. The summed E-state index contributed by atoms with van der Waals surface area (Å²) in [6.45, 7) is 6.21. The van der Waals surface area contributed by atoms with Crippen molar-refractivity contribution in [3.63, 3.8) is 0 Å². The molecule has 0 saturated heterocycles. The predicted octanol–water partition coefficient (Wildman–Crippen LogP) is 3.07. The van der Waals surface area contributed by atoms with Gasteiger partial charge in [0, 0.05) is 5.56 Å². The fourth-order valence-electron chi connectivity index (χ4n) is 2.26. The Bertz CT molecular complexity index is 498. The normalized spacial score (nSPS) is 15.6. The maximum Gasteiger partial charge on any atom is 0.312 e. The van der Waals surface area contributed by atoms with Gasteiger partial charge in [-0.15, -0.1) is 0 Å². The van der Waals surface area contributed by atoms with Crippen molar-refractivity contribution in [2.24, 2.45) is 5.92 Å². The number of hydrogen-bond acceptors (Lipinski definition) is 3. The van der Waals surface area contributed by atoms with Crippen molar-refractivity contribution < 1.29 is 23.4 Å². The van der Waals surface area contributed by atoms with Crippen LogP contribution in [0.4, 0.5) is 8.78 Å². The van der Waals surface area contributed by atoms with Gasteiger partial charge >= 0.3 is 5.97 Å². The second kappa shape index (κ2) is 6.31. The molecule has 0 radical (unpaired) electrons. The fourth-order valence-corrected chi connectivity index (χ4v) is 2.26. The molecule has 20 heavy (non-hydrogen) atoms. The zero-order chi connectivity index (χ0) is 15.5. The number of carbonyl (C=O) groups is 1. The van der Waals surface area contributed by atoms with Gasteiger partial charge in [-0.05, 0) is 44.9 Å². The number of esters is 1. The SMILES string of the molecule is CCOC(=O)C(CC)C(C)(O)c1cc(F)c(C)cc1F. The second-order valence-electron chi connectivity index (χ2n) is 4.94. The average Bonchev–Trinajstić information content (AvgIpc) is 2.34. The van der Waals surface area contributed by atoms with Crippen LogP contribution >= 0.6 is 0 Å². The highest BCUT2D eigenvalue weighted by atomic mass is 19.1. The number of benzene rings is 1. The van der Waals surface area contributed by atoms with Crippen molar-refractivity contribution in [3.05, 3.63) is 34.9 Å². The molecule has 0 aliphatic heterocycles. The third-order valence-electron chi connectivity index (χ3n) is 3.45. The van der Waals surface area contributed by atoms with Gasteiger partial charge in [0.2, 0.25) is 0 Å². The van der Waals surface area contributed by atoms with Crippen molar-refractivity contribution in [2.45, 2.75) is 39.7 Å². The topological polar surface area (TPSA) is 46.5 Å². The van der Waals surface area contributed by atoms with E-state index in [2.05, 4.69) is 0 Å². The minimum Gasteiger partial charge on any atom is -0.466 e. The summed E-state index contributed by atoms with van der Waals surface area (Å²) >= 11 is 0. The third-order valence-corrected chi connectivity index (χ3v) is 3.45. The van der Waals surface area contributed by atoms with E-state index >= 15 is 0 Å². The number of ether oxygens (including phenoxy) is 1. The molecule has 0 amide bonds. The summed E-state index contributed by atoms with van der Waals surface area (Å²) in [5.74, 6) is -2.95. The first kappa shape index (κ1) is 16.6. The minimum atomic E-state index is -1.83. The number of carbonyl (C=O) groups excluding carboxylic acids is 1. The maximum absolute atomic E-state index is 14.0. The molecule has 2 unspecified atom stereocenters. The Morgan fingerprint density at radius 2 is 1.95 bits per heavy atom. The summed E-state index contributed by atoms with van der Waals surface area (Å²) in [7, 11) is 0. The van der Waals surface area contributed by atoms with Crippen LogP contribution in [-0.2, 0) is 15.1 Å². The molecule has 2 atom stereocenters. The molecular formula is C15H20F2O3. The highest BCUT2D eigenvalue weighted by Crippen LogP contribution is 2.35. The van der Waals surface area contributed by atoms with Crippen LogP contribution in [0.2, 0.25) is 0 Å². The summed E-state index contributed by atoms with van der Waals surface area (Å²) in [5, 5.41) is 10.5. The van der Waals surface area contributed by atoms with Gasteiger partial charge in [-0.3, -0.25) is 4.79 Å².